The highest BCUT2D eigenvalue weighted by Crippen LogP contribution is 2.33. The quantitative estimate of drug-likeness (QED) is 0.0516. The second kappa shape index (κ2) is 17.1. The highest BCUT2D eigenvalue weighted by Gasteiger charge is 2.25. The lowest BCUT2D eigenvalue weighted by Gasteiger charge is -2.19. The molecule has 0 heterocycles. The second-order valence-electron chi connectivity index (χ2n) is 11.5. The van der Waals surface area contributed by atoms with Crippen molar-refractivity contribution in [2.45, 2.75) is 59.3 Å². The van der Waals surface area contributed by atoms with Crippen LogP contribution in [0.2, 0.25) is 5.02 Å². The van der Waals surface area contributed by atoms with Crippen molar-refractivity contribution in [1.29, 1.82) is 0 Å². The Morgan fingerprint density at radius 1 is 1.02 bits per heavy atom. The van der Waals surface area contributed by atoms with Gasteiger partial charge in [0.15, 0.2) is 5.82 Å². The average Bonchev–Trinajstić information content (AvgIpc) is 3.05. The fraction of sp³-hybridized carbons (Fsp3) is 0.343. The first-order valence-corrected chi connectivity index (χ1v) is 15.4. The number of aliphatic imine (C=N–C) groups is 1. The molecule has 0 amide bonds. The molecule has 49 heavy (non-hydrogen) atoms. The standard InChI is InChI=1S/C35H38ClF3N2O8/c1-7-48-34(45)24(33(44)23-14-25(37)22(31(36)32(23)39)10-11-30(43)49-35(2,3)4)17-41-27-15-28(26(38)12-20(27)18-42)40-16-19-8-9-21(46-5)13-29(19)47-6/h8-9,12-15,17,40,42,44H,7,10-11,16,18H2,1-6H3. The molecule has 0 aliphatic heterocycles. The number of aliphatic hydroxyl groups excluding tert-OH is 2. The van der Waals surface area contributed by atoms with Gasteiger partial charge < -0.3 is 34.5 Å². The second-order valence-corrected chi connectivity index (χ2v) is 11.9. The SMILES string of the molecule is CCOC(=O)C(C=Nc1cc(NCc2ccc(OC)cc2OC)c(F)cc1CO)=C(O)c1cc(F)c(CCC(=O)OC(C)(C)C)c(Cl)c1F. The van der Waals surface area contributed by atoms with Crippen LogP contribution >= 0.6 is 11.6 Å². The molecule has 3 rings (SSSR count). The summed E-state index contributed by atoms with van der Waals surface area (Å²) >= 11 is 6.13. The Labute approximate surface area is 287 Å². The topological polar surface area (TPSA) is 136 Å². The van der Waals surface area contributed by atoms with E-state index in [0.29, 0.717) is 23.1 Å². The summed E-state index contributed by atoms with van der Waals surface area (Å²) in [7, 11) is 2.98. The molecule has 14 heteroatoms. The summed E-state index contributed by atoms with van der Waals surface area (Å²) in [6, 6.07) is 8.00. The summed E-state index contributed by atoms with van der Waals surface area (Å²) in [5, 5.41) is 23.1. The van der Waals surface area contributed by atoms with E-state index < -0.39 is 63.5 Å². The summed E-state index contributed by atoms with van der Waals surface area (Å²) in [5.41, 5.74) is -1.97. The Balaban J connectivity index is 2.00. The van der Waals surface area contributed by atoms with Crippen LogP contribution in [-0.4, -0.2) is 54.8 Å². The predicted molar refractivity (Wildman–Crippen MR) is 179 cm³/mol. The number of carbonyl (C=O) groups excluding carboxylic acids is 2. The molecule has 0 bridgehead atoms. The van der Waals surface area contributed by atoms with Crippen LogP contribution < -0.4 is 14.8 Å². The van der Waals surface area contributed by atoms with Gasteiger partial charge in [0.1, 0.15) is 40.1 Å². The van der Waals surface area contributed by atoms with Crippen LogP contribution in [0.15, 0.2) is 47.0 Å². The predicted octanol–water partition coefficient (Wildman–Crippen LogP) is 7.39. The molecule has 264 valence electrons. The van der Waals surface area contributed by atoms with E-state index in [-0.39, 0.29) is 48.5 Å². The first-order chi connectivity index (χ1) is 23.1. The van der Waals surface area contributed by atoms with Gasteiger partial charge in [0, 0.05) is 41.9 Å². The highest BCUT2D eigenvalue weighted by atomic mass is 35.5. The summed E-state index contributed by atoms with van der Waals surface area (Å²) < 4.78 is 66.5. The van der Waals surface area contributed by atoms with Crippen LogP contribution in [-0.2, 0) is 38.6 Å². The molecule has 0 saturated carbocycles. The minimum Gasteiger partial charge on any atom is -0.506 e. The number of carbonyl (C=O) groups is 2. The van der Waals surface area contributed by atoms with Crippen molar-refractivity contribution in [3.63, 3.8) is 0 Å². The van der Waals surface area contributed by atoms with E-state index in [4.69, 9.17) is 30.5 Å². The molecule has 0 unspecified atom stereocenters. The Kier molecular flexibility index (Phi) is 13.5. The number of methoxy groups -OCH3 is 2. The van der Waals surface area contributed by atoms with E-state index in [9.17, 15) is 19.8 Å². The molecule has 0 spiro atoms. The fourth-order valence-electron chi connectivity index (χ4n) is 4.53. The van der Waals surface area contributed by atoms with Gasteiger partial charge in [-0.1, -0.05) is 11.6 Å². The maximum atomic E-state index is 15.5. The monoisotopic (exact) mass is 706 g/mol. The molecule has 0 aromatic heterocycles. The van der Waals surface area contributed by atoms with Crippen molar-refractivity contribution in [2.75, 3.05) is 26.1 Å². The van der Waals surface area contributed by atoms with E-state index in [0.717, 1.165) is 12.3 Å². The van der Waals surface area contributed by atoms with Crippen LogP contribution in [0, 0.1) is 17.5 Å². The van der Waals surface area contributed by atoms with E-state index in [1.807, 2.05) is 0 Å². The Bertz CT molecular complexity index is 1760. The molecular weight excluding hydrogens is 669 g/mol. The van der Waals surface area contributed by atoms with Crippen LogP contribution in [0.1, 0.15) is 56.4 Å². The summed E-state index contributed by atoms with van der Waals surface area (Å²) in [6.45, 7) is 5.77. The molecular formula is C35H38ClF3N2O8. The van der Waals surface area contributed by atoms with Crippen LogP contribution in [0.3, 0.4) is 0 Å². The molecule has 0 atom stereocenters. The fourth-order valence-corrected chi connectivity index (χ4v) is 4.81. The van der Waals surface area contributed by atoms with Crippen molar-refractivity contribution in [1.82, 2.24) is 0 Å². The number of halogens is 4. The number of anilines is 1. The van der Waals surface area contributed by atoms with Crippen LogP contribution in [0.5, 0.6) is 11.5 Å². The molecule has 0 aliphatic carbocycles. The Morgan fingerprint density at radius 2 is 1.73 bits per heavy atom. The van der Waals surface area contributed by atoms with E-state index in [1.165, 1.54) is 27.2 Å². The third-order valence-corrected chi connectivity index (χ3v) is 7.29. The number of hydrogen-bond acceptors (Lipinski definition) is 10. The number of ether oxygens (including phenoxy) is 4. The van der Waals surface area contributed by atoms with Gasteiger partial charge in [-0.05, 0) is 64.4 Å². The lowest BCUT2D eigenvalue weighted by molar-refractivity contribution is -0.154. The van der Waals surface area contributed by atoms with Gasteiger partial charge in [-0.2, -0.15) is 0 Å². The van der Waals surface area contributed by atoms with Gasteiger partial charge in [0.25, 0.3) is 0 Å². The molecule has 3 aromatic carbocycles. The van der Waals surface area contributed by atoms with Crippen molar-refractivity contribution >= 4 is 46.9 Å². The molecule has 0 aliphatic rings. The van der Waals surface area contributed by atoms with Crippen LogP contribution in [0.25, 0.3) is 5.76 Å². The van der Waals surface area contributed by atoms with Gasteiger partial charge in [0.2, 0.25) is 0 Å². The zero-order valence-corrected chi connectivity index (χ0v) is 28.6. The number of esters is 2. The first kappa shape index (κ1) is 38.7. The van der Waals surface area contributed by atoms with Gasteiger partial charge in [-0.25, -0.2) is 18.0 Å². The first-order valence-electron chi connectivity index (χ1n) is 15.0. The van der Waals surface area contributed by atoms with Gasteiger partial charge in [-0.15, -0.1) is 0 Å². The van der Waals surface area contributed by atoms with Crippen LogP contribution in [0.4, 0.5) is 24.5 Å². The molecule has 3 aromatic rings. The Morgan fingerprint density at radius 3 is 2.35 bits per heavy atom. The molecule has 0 fully saturated rings. The lowest BCUT2D eigenvalue weighted by atomic mass is 10.0. The van der Waals surface area contributed by atoms with Crippen molar-refractivity contribution in [3.8, 4) is 11.5 Å². The van der Waals surface area contributed by atoms with Gasteiger partial charge in [-0.3, -0.25) is 9.79 Å². The zero-order valence-electron chi connectivity index (χ0n) is 27.9. The van der Waals surface area contributed by atoms with E-state index in [2.05, 4.69) is 10.3 Å². The summed E-state index contributed by atoms with van der Waals surface area (Å²) in [4.78, 5) is 29.2. The molecule has 0 radical (unpaired) electrons. The van der Waals surface area contributed by atoms with Crippen molar-refractivity contribution < 1.29 is 51.9 Å². The van der Waals surface area contributed by atoms with E-state index in [1.54, 1.807) is 39.0 Å². The molecule has 0 saturated heterocycles. The number of benzene rings is 3. The summed E-state index contributed by atoms with van der Waals surface area (Å²) in [6.07, 6.45) is 0.214. The number of hydrogen-bond donors (Lipinski definition) is 3. The smallest absolute Gasteiger partial charge is 0.343 e. The maximum Gasteiger partial charge on any atom is 0.343 e. The largest absolute Gasteiger partial charge is 0.506 e. The number of nitrogens with zero attached hydrogens (tertiary/aromatic N) is 1. The molecule has 3 N–H and O–H groups in total. The number of nitrogens with one attached hydrogen (secondary N) is 1. The van der Waals surface area contributed by atoms with Crippen molar-refractivity contribution in [3.05, 3.63) is 86.7 Å². The number of rotatable bonds is 14. The van der Waals surface area contributed by atoms with Gasteiger partial charge in [0.05, 0.1) is 49.4 Å². The zero-order chi connectivity index (χ0) is 36.5. The van der Waals surface area contributed by atoms with Crippen molar-refractivity contribution in [2.24, 2.45) is 4.99 Å². The highest BCUT2D eigenvalue weighted by molar-refractivity contribution is 6.31. The minimum absolute atomic E-state index is 0.0126. The molecule has 10 nitrogen and oxygen atoms in total. The number of aliphatic hydroxyl groups is 2. The average molecular weight is 707 g/mol. The lowest BCUT2D eigenvalue weighted by Crippen LogP contribution is -2.24. The normalized spacial score (nSPS) is 12.1. The maximum absolute atomic E-state index is 15.5. The third kappa shape index (κ3) is 10.1. The van der Waals surface area contributed by atoms with E-state index >= 15 is 13.2 Å². The third-order valence-electron chi connectivity index (χ3n) is 6.89. The Hall–Kier alpha value is -4.75. The minimum atomic E-state index is -1.27. The van der Waals surface area contributed by atoms with Gasteiger partial charge >= 0.3 is 11.9 Å². The summed E-state index contributed by atoms with van der Waals surface area (Å²) in [5.74, 6) is -4.87.